The van der Waals surface area contributed by atoms with Crippen molar-refractivity contribution in [3.8, 4) is 5.75 Å². The fourth-order valence-electron chi connectivity index (χ4n) is 3.37. The SMILES string of the molecule is CCOc1ccccc1N=c1sc(C(C)=O)c(C)n1CCCN1CCOCC1. The summed E-state index contributed by atoms with van der Waals surface area (Å²) in [7, 11) is 0. The third kappa shape index (κ3) is 5.10. The van der Waals surface area contributed by atoms with Crippen molar-refractivity contribution in [3.63, 3.8) is 0 Å². The number of ketones is 1. The summed E-state index contributed by atoms with van der Waals surface area (Å²) in [6.07, 6.45) is 1.01. The smallest absolute Gasteiger partial charge is 0.190 e. The van der Waals surface area contributed by atoms with E-state index in [2.05, 4.69) is 9.47 Å². The molecular weight excluding hydrogens is 374 g/mol. The summed E-state index contributed by atoms with van der Waals surface area (Å²) in [5, 5.41) is 0. The number of thiazole rings is 1. The predicted molar refractivity (Wildman–Crippen MR) is 112 cm³/mol. The second-order valence-corrected chi connectivity index (χ2v) is 7.80. The van der Waals surface area contributed by atoms with E-state index >= 15 is 0 Å². The van der Waals surface area contributed by atoms with Crippen LogP contribution in [0.4, 0.5) is 5.69 Å². The van der Waals surface area contributed by atoms with Crippen LogP contribution in [0.25, 0.3) is 0 Å². The van der Waals surface area contributed by atoms with Crippen LogP contribution in [0.2, 0.25) is 0 Å². The van der Waals surface area contributed by atoms with Crippen LogP contribution in [0.15, 0.2) is 29.3 Å². The molecule has 0 unspecified atom stereocenters. The molecule has 152 valence electrons. The number of morpholine rings is 1. The van der Waals surface area contributed by atoms with Crippen LogP contribution in [-0.4, -0.2) is 54.7 Å². The molecule has 0 saturated carbocycles. The third-order valence-electron chi connectivity index (χ3n) is 4.82. The Morgan fingerprint density at radius 2 is 2.00 bits per heavy atom. The maximum atomic E-state index is 12.1. The van der Waals surface area contributed by atoms with E-state index in [1.807, 2.05) is 38.1 Å². The normalized spacial score (nSPS) is 15.8. The van der Waals surface area contributed by atoms with E-state index in [0.717, 1.165) is 72.6 Å². The van der Waals surface area contributed by atoms with Crippen molar-refractivity contribution in [2.24, 2.45) is 4.99 Å². The van der Waals surface area contributed by atoms with Gasteiger partial charge in [0, 0.05) is 38.8 Å². The first-order valence-electron chi connectivity index (χ1n) is 9.88. The van der Waals surface area contributed by atoms with Gasteiger partial charge in [-0.05, 0) is 32.4 Å². The number of aromatic nitrogens is 1. The summed E-state index contributed by atoms with van der Waals surface area (Å²) in [5.41, 5.74) is 1.79. The number of rotatable bonds is 8. The number of carbonyl (C=O) groups excluding carboxylic acids is 1. The molecule has 6 nitrogen and oxygen atoms in total. The average molecular weight is 404 g/mol. The Bertz CT molecular complexity index is 866. The van der Waals surface area contributed by atoms with Gasteiger partial charge in [-0.1, -0.05) is 23.5 Å². The van der Waals surface area contributed by atoms with E-state index < -0.39 is 0 Å². The summed E-state index contributed by atoms with van der Waals surface area (Å²) >= 11 is 1.46. The van der Waals surface area contributed by atoms with Gasteiger partial charge in [0.25, 0.3) is 0 Å². The summed E-state index contributed by atoms with van der Waals surface area (Å²) in [6.45, 7) is 11.7. The molecule has 7 heteroatoms. The average Bonchev–Trinajstić information content (AvgIpc) is 3.00. The molecule has 0 aliphatic carbocycles. The Morgan fingerprint density at radius 3 is 2.71 bits per heavy atom. The van der Waals surface area contributed by atoms with Crippen molar-refractivity contribution in [2.45, 2.75) is 33.7 Å². The van der Waals surface area contributed by atoms with E-state index in [4.69, 9.17) is 14.5 Å². The van der Waals surface area contributed by atoms with Gasteiger partial charge in [-0.3, -0.25) is 9.69 Å². The zero-order valence-corrected chi connectivity index (χ0v) is 17.8. The minimum absolute atomic E-state index is 0.0870. The highest BCUT2D eigenvalue weighted by Gasteiger charge is 2.15. The van der Waals surface area contributed by atoms with E-state index in [1.54, 1.807) is 6.92 Å². The molecule has 1 saturated heterocycles. The lowest BCUT2D eigenvalue weighted by Crippen LogP contribution is -2.37. The van der Waals surface area contributed by atoms with Crippen molar-refractivity contribution in [3.05, 3.63) is 39.6 Å². The second-order valence-electron chi connectivity index (χ2n) is 6.83. The summed E-state index contributed by atoms with van der Waals surface area (Å²) in [6, 6.07) is 7.78. The summed E-state index contributed by atoms with van der Waals surface area (Å²) in [4.78, 5) is 21.0. The fourth-order valence-corrected chi connectivity index (χ4v) is 4.43. The van der Waals surface area contributed by atoms with Gasteiger partial charge in [-0.25, -0.2) is 4.99 Å². The van der Waals surface area contributed by atoms with Crippen molar-refractivity contribution >= 4 is 22.8 Å². The largest absolute Gasteiger partial charge is 0.492 e. The first-order valence-corrected chi connectivity index (χ1v) is 10.7. The molecular formula is C21H29N3O3S. The lowest BCUT2D eigenvalue weighted by molar-refractivity contribution is 0.0369. The highest BCUT2D eigenvalue weighted by molar-refractivity contribution is 7.11. The molecule has 1 aromatic carbocycles. The van der Waals surface area contributed by atoms with E-state index in [-0.39, 0.29) is 5.78 Å². The number of benzene rings is 1. The van der Waals surface area contributed by atoms with Crippen LogP contribution in [-0.2, 0) is 11.3 Å². The van der Waals surface area contributed by atoms with E-state index in [9.17, 15) is 4.79 Å². The summed E-state index contributed by atoms with van der Waals surface area (Å²) in [5.74, 6) is 0.851. The molecule has 0 atom stereocenters. The quantitative estimate of drug-likeness (QED) is 0.634. The highest BCUT2D eigenvalue weighted by atomic mass is 32.1. The molecule has 0 radical (unpaired) electrons. The molecule has 0 amide bonds. The first-order chi connectivity index (χ1) is 13.6. The van der Waals surface area contributed by atoms with Gasteiger partial charge in [0.1, 0.15) is 11.4 Å². The van der Waals surface area contributed by atoms with Gasteiger partial charge < -0.3 is 14.0 Å². The molecule has 0 bridgehead atoms. The molecule has 1 aromatic heterocycles. The zero-order valence-electron chi connectivity index (χ0n) is 16.9. The van der Waals surface area contributed by atoms with Crippen molar-refractivity contribution in [2.75, 3.05) is 39.5 Å². The Kier molecular flexibility index (Phi) is 7.42. The standard InChI is InChI=1S/C21H29N3O3S/c1-4-27-19-9-6-5-8-18(19)22-21-24(16(2)20(28-21)17(3)25)11-7-10-23-12-14-26-15-13-23/h5-6,8-9H,4,7,10-15H2,1-3H3. The zero-order chi connectivity index (χ0) is 19.9. The van der Waals surface area contributed by atoms with Crippen LogP contribution in [0, 0.1) is 6.92 Å². The van der Waals surface area contributed by atoms with Crippen LogP contribution >= 0.6 is 11.3 Å². The van der Waals surface area contributed by atoms with Crippen molar-refractivity contribution in [1.82, 2.24) is 9.47 Å². The maximum absolute atomic E-state index is 12.1. The molecule has 1 aliphatic heterocycles. The Labute approximate surface area is 170 Å². The lowest BCUT2D eigenvalue weighted by Gasteiger charge is -2.26. The van der Waals surface area contributed by atoms with Crippen molar-refractivity contribution < 1.29 is 14.3 Å². The maximum Gasteiger partial charge on any atom is 0.190 e. The third-order valence-corrected chi connectivity index (χ3v) is 6.10. The van der Waals surface area contributed by atoms with Gasteiger partial charge in [0.15, 0.2) is 10.6 Å². The van der Waals surface area contributed by atoms with E-state index in [0.29, 0.717) is 6.61 Å². The minimum atomic E-state index is 0.0870. The first kappa shape index (κ1) is 20.8. The molecule has 0 spiro atoms. The number of carbonyl (C=O) groups is 1. The molecule has 1 fully saturated rings. The molecule has 3 rings (SSSR count). The van der Waals surface area contributed by atoms with Crippen molar-refractivity contribution in [1.29, 1.82) is 0 Å². The van der Waals surface area contributed by atoms with Crippen LogP contribution in [0.3, 0.4) is 0 Å². The minimum Gasteiger partial charge on any atom is -0.492 e. The van der Waals surface area contributed by atoms with Gasteiger partial charge >= 0.3 is 0 Å². The monoisotopic (exact) mass is 403 g/mol. The second kappa shape index (κ2) is 10.0. The Balaban J connectivity index is 1.87. The molecule has 2 heterocycles. The van der Waals surface area contributed by atoms with Crippen LogP contribution in [0.5, 0.6) is 5.75 Å². The highest BCUT2D eigenvalue weighted by Crippen LogP contribution is 2.27. The number of ether oxygens (including phenoxy) is 2. The van der Waals surface area contributed by atoms with Gasteiger partial charge in [0.2, 0.25) is 0 Å². The summed E-state index contributed by atoms with van der Waals surface area (Å²) < 4.78 is 13.3. The Hall–Kier alpha value is -1.96. The fraction of sp³-hybridized carbons (Fsp3) is 0.524. The molecule has 28 heavy (non-hydrogen) atoms. The Morgan fingerprint density at radius 1 is 1.25 bits per heavy atom. The topological polar surface area (TPSA) is 56.1 Å². The predicted octanol–water partition coefficient (Wildman–Crippen LogP) is 3.41. The molecule has 0 N–H and O–H groups in total. The number of nitrogens with zero attached hydrogens (tertiary/aromatic N) is 3. The molecule has 2 aromatic rings. The van der Waals surface area contributed by atoms with Gasteiger partial charge in [-0.2, -0.15) is 0 Å². The van der Waals surface area contributed by atoms with Gasteiger partial charge in [-0.15, -0.1) is 0 Å². The number of hydrogen-bond acceptors (Lipinski definition) is 6. The van der Waals surface area contributed by atoms with Gasteiger partial charge in [0.05, 0.1) is 24.7 Å². The van der Waals surface area contributed by atoms with Crippen LogP contribution in [0.1, 0.15) is 35.6 Å². The van der Waals surface area contributed by atoms with Crippen LogP contribution < -0.4 is 9.54 Å². The van der Waals surface area contributed by atoms with E-state index in [1.165, 1.54) is 11.3 Å². The number of Topliss-reactive ketones (excluding diaryl/α,β-unsaturated/α-hetero) is 1. The number of hydrogen-bond donors (Lipinski definition) is 0. The molecule has 1 aliphatic rings. The lowest BCUT2D eigenvalue weighted by atomic mass is 10.3. The number of para-hydroxylation sites is 2.